The molecule has 0 aliphatic carbocycles. The van der Waals surface area contributed by atoms with Gasteiger partial charge in [0, 0.05) is 5.39 Å². The molecule has 0 atom stereocenters. The minimum atomic E-state index is -0.345. The minimum Gasteiger partial charge on any atom is -0.461 e. The fourth-order valence-electron chi connectivity index (χ4n) is 1.94. The molecule has 0 unspecified atom stereocenters. The van der Waals surface area contributed by atoms with Gasteiger partial charge in [0.15, 0.2) is 0 Å². The summed E-state index contributed by atoms with van der Waals surface area (Å²) in [6.07, 6.45) is 0. The van der Waals surface area contributed by atoms with Gasteiger partial charge in [0.1, 0.15) is 0 Å². The summed E-state index contributed by atoms with van der Waals surface area (Å²) in [6.45, 7) is 2.16. The van der Waals surface area contributed by atoms with Gasteiger partial charge in [-0.15, -0.1) is 11.3 Å². The quantitative estimate of drug-likeness (QED) is 0.658. The Kier molecular flexibility index (Phi) is 2.72. The second-order valence-corrected chi connectivity index (χ2v) is 4.87. The van der Waals surface area contributed by atoms with Crippen LogP contribution >= 0.6 is 11.3 Å². The molecule has 3 nitrogen and oxygen atoms in total. The lowest BCUT2D eigenvalue weighted by Gasteiger charge is -1.96. The van der Waals surface area contributed by atoms with Crippen molar-refractivity contribution in [2.24, 2.45) is 0 Å². The zero-order valence-corrected chi connectivity index (χ0v) is 10.7. The Balaban J connectivity index is 2.22. The van der Waals surface area contributed by atoms with E-state index in [-0.39, 0.29) is 5.97 Å². The van der Waals surface area contributed by atoms with Crippen LogP contribution in [0.25, 0.3) is 21.0 Å². The van der Waals surface area contributed by atoms with Crippen molar-refractivity contribution in [3.63, 3.8) is 0 Å². The standard InChI is InChI=1S/C14H11NO2S/c1-2-17-14(16)13-15-11-8-7-9-5-3-4-6-10(9)12(11)18-13/h3-8H,2H2,1H3. The van der Waals surface area contributed by atoms with Crippen LogP contribution in [0.2, 0.25) is 0 Å². The number of aromatic nitrogens is 1. The maximum absolute atomic E-state index is 11.7. The third-order valence-electron chi connectivity index (χ3n) is 2.73. The summed E-state index contributed by atoms with van der Waals surface area (Å²) in [7, 11) is 0. The maximum atomic E-state index is 11.7. The van der Waals surface area contributed by atoms with Crippen molar-refractivity contribution in [3.05, 3.63) is 41.4 Å². The van der Waals surface area contributed by atoms with Gasteiger partial charge in [-0.2, -0.15) is 0 Å². The average Bonchev–Trinajstić information content (AvgIpc) is 2.83. The number of hydrogen-bond donors (Lipinski definition) is 0. The SMILES string of the molecule is CCOC(=O)c1nc2ccc3ccccc3c2s1. The second-order valence-electron chi connectivity index (χ2n) is 3.87. The highest BCUT2D eigenvalue weighted by Gasteiger charge is 2.14. The van der Waals surface area contributed by atoms with Crippen LogP contribution in [0, 0.1) is 0 Å². The summed E-state index contributed by atoms with van der Waals surface area (Å²) < 4.78 is 6.02. The number of carbonyl (C=O) groups is 1. The molecule has 2 aromatic carbocycles. The molecule has 3 aromatic rings. The highest BCUT2D eigenvalue weighted by molar-refractivity contribution is 7.21. The van der Waals surface area contributed by atoms with Crippen molar-refractivity contribution < 1.29 is 9.53 Å². The first-order valence-electron chi connectivity index (χ1n) is 5.75. The number of ether oxygens (including phenoxy) is 1. The molecule has 0 spiro atoms. The molecule has 0 N–H and O–H groups in total. The Labute approximate surface area is 108 Å². The number of thiazole rings is 1. The van der Waals surface area contributed by atoms with Crippen LogP contribution in [-0.2, 0) is 4.74 Å². The fourth-order valence-corrected chi connectivity index (χ4v) is 2.93. The minimum absolute atomic E-state index is 0.345. The van der Waals surface area contributed by atoms with E-state index in [1.165, 1.54) is 11.3 Å². The van der Waals surface area contributed by atoms with Crippen molar-refractivity contribution in [2.45, 2.75) is 6.92 Å². The summed E-state index contributed by atoms with van der Waals surface area (Å²) in [5.41, 5.74) is 0.849. The molecule has 0 aliphatic heterocycles. The van der Waals surface area contributed by atoms with Gasteiger partial charge in [0.05, 0.1) is 16.8 Å². The van der Waals surface area contributed by atoms with Crippen molar-refractivity contribution in [2.75, 3.05) is 6.61 Å². The molecular formula is C14H11NO2S. The number of carbonyl (C=O) groups excluding carboxylic acids is 1. The number of esters is 1. The van der Waals surface area contributed by atoms with E-state index in [1.807, 2.05) is 30.3 Å². The van der Waals surface area contributed by atoms with Crippen LogP contribution in [-0.4, -0.2) is 17.6 Å². The van der Waals surface area contributed by atoms with E-state index in [2.05, 4.69) is 11.1 Å². The Morgan fingerprint density at radius 2 is 2.11 bits per heavy atom. The molecular weight excluding hydrogens is 246 g/mol. The second kappa shape index (κ2) is 4.38. The molecule has 1 aromatic heterocycles. The van der Waals surface area contributed by atoms with Crippen molar-refractivity contribution in [1.82, 2.24) is 4.98 Å². The summed E-state index contributed by atoms with van der Waals surface area (Å²) in [6, 6.07) is 12.1. The molecule has 1 heterocycles. The first-order valence-corrected chi connectivity index (χ1v) is 6.56. The Hall–Kier alpha value is -1.94. The molecule has 0 fully saturated rings. The predicted molar refractivity (Wildman–Crippen MR) is 73.1 cm³/mol. The topological polar surface area (TPSA) is 39.2 Å². The van der Waals surface area contributed by atoms with Gasteiger partial charge < -0.3 is 4.74 Å². The van der Waals surface area contributed by atoms with Crippen LogP contribution in [0.4, 0.5) is 0 Å². The molecule has 0 saturated carbocycles. The van der Waals surface area contributed by atoms with E-state index in [0.29, 0.717) is 11.6 Å². The molecule has 0 bridgehead atoms. The predicted octanol–water partition coefficient (Wildman–Crippen LogP) is 3.63. The smallest absolute Gasteiger partial charge is 0.367 e. The first-order chi connectivity index (χ1) is 8.79. The summed E-state index contributed by atoms with van der Waals surface area (Å²) >= 11 is 1.39. The third-order valence-corrected chi connectivity index (χ3v) is 3.81. The molecule has 0 saturated heterocycles. The number of hydrogen-bond acceptors (Lipinski definition) is 4. The zero-order chi connectivity index (χ0) is 12.5. The lowest BCUT2D eigenvalue weighted by atomic mass is 10.1. The number of nitrogens with zero attached hydrogens (tertiary/aromatic N) is 1. The lowest BCUT2D eigenvalue weighted by Crippen LogP contribution is -2.03. The maximum Gasteiger partial charge on any atom is 0.367 e. The third kappa shape index (κ3) is 1.75. The van der Waals surface area contributed by atoms with Crippen LogP contribution in [0.15, 0.2) is 36.4 Å². The molecule has 0 radical (unpaired) electrons. The van der Waals surface area contributed by atoms with E-state index in [1.54, 1.807) is 6.92 Å². The Bertz CT molecular complexity index is 733. The van der Waals surface area contributed by atoms with E-state index in [0.717, 1.165) is 21.0 Å². The van der Waals surface area contributed by atoms with E-state index < -0.39 is 0 Å². The average molecular weight is 257 g/mol. The molecule has 18 heavy (non-hydrogen) atoms. The number of benzene rings is 2. The number of fused-ring (bicyclic) bond motifs is 3. The number of rotatable bonds is 2. The van der Waals surface area contributed by atoms with Crippen molar-refractivity contribution in [1.29, 1.82) is 0 Å². The monoisotopic (exact) mass is 257 g/mol. The van der Waals surface area contributed by atoms with E-state index >= 15 is 0 Å². The van der Waals surface area contributed by atoms with Gasteiger partial charge in [0.25, 0.3) is 0 Å². The molecule has 4 heteroatoms. The highest BCUT2D eigenvalue weighted by Crippen LogP contribution is 2.30. The summed E-state index contributed by atoms with van der Waals surface area (Å²) in [4.78, 5) is 16.0. The van der Waals surface area contributed by atoms with Crippen LogP contribution in [0.5, 0.6) is 0 Å². The van der Waals surface area contributed by atoms with E-state index in [9.17, 15) is 4.79 Å². The van der Waals surface area contributed by atoms with Gasteiger partial charge in [-0.3, -0.25) is 0 Å². The van der Waals surface area contributed by atoms with Crippen LogP contribution < -0.4 is 0 Å². The Morgan fingerprint density at radius 3 is 2.94 bits per heavy atom. The van der Waals surface area contributed by atoms with Gasteiger partial charge in [-0.05, 0) is 18.4 Å². The van der Waals surface area contributed by atoms with Gasteiger partial charge in [-0.25, -0.2) is 9.78 Å². The molecule has 0 aliphatic rings. The van der Waals surface area contributed by atoms with Crippen molar-refractivity contribution in [3.8, 4) is 0 Å². The van der Waals surface area contributed by atoms with Gasteiger partial charge in [0.2, 0.25) is 5.01 Å². The fraction of sp³-hybridized carbons (Fsp3) is 0.143. The zero-order valence-electron chi connectivity index (χ0n) is 9.84. The lowest BCUT2D eigenvalue weighted by molar-refractivity contribution is 0.0526. The molecule has 90 valence electrons. The summed E-state index contributed by atoms with van der Waals surface area (Å²) in [5, 5.41) is 2.70. The normalized spacial score (nSPS) is 10.9. The van der Waals surface area contributed by atoms with Crippen LogP contribution in [0.1, 0.15) is 16.7 Å². The summed E-state index contributed by atoms with van der Waals surface area (Å²) in [5.74, 6) is -0.345. The van der Waals surface area contributed by atoms with Gasteiger partial charge >= 0.3 is 5.97 Å². The van der Waals surface area contributed by atoms with E-state index in [4.69, 9.17) is 4.74 Å². The highest BCUT2D eigenvalue weighted by atomic mass is 32.1. The Morgan fingerprint density at radius 1 is 1.28 bits per heavy atom. The first kappa shape index (κ1) is 11.2. The largest absolute Gasteiger partial charge is 0.461 e. The molecule has 3 rings (SSSR count). The van der Waals surface area contributed by atoms with Crippen LogP contribution in [0.3, 0.4) is 0 Å². The molecule has 0 amide bonds. The van der Waals surface area contributed by atoms with Gasteiger partial charge in [-0.1, -0.05) is 30.3 Å². The van der Waals surface area contributed by atoms with Crippen molar-refractivity contribution >= 4 is 38.3 Å².